The summed E-state index contributed by atoms with van der Waals surface area (Å²) in [6.07, 6.45) is 1.96. The summed E-state index contributed by atoms with van der Waals surface area (Å²) in [6.45, 7) is 5.07. The summed E-state index contributed by atoms with van der Waals surface area (Å²) in [4.78, 5) is 0. The van der Waals surface area contributed by atoms with Gasteiger partial charge in [0.1, 0.15) is 0 Å². The summed E-state index contributed by atoms with van der Waals surface area (Å²) in [7, 11) is 1.93. The van der Waals surface area contributed by atoms with Crippen molar-refractivity contribution in [1.82, 2.24) is 15.1 Å². The first-order valence-electron chi connectivity index (χ1n) is 6.10. The van der Waals surface area contributed by atoms with Gasteiger partial charge < -0.3 is 5.32 Å². The maximum absolute atomic E-state index is 6.10. The fraction of sp³-hybridized carbons (Fsp3) is 0.357. The van der Waals surface area contributed by atoms with E-state index in [-0.39, 0.29) is 6.04 Å². The van der Waals surface area contributed by atoms with Crippen LogP contribution in [0.5, 0.6) is 0 Å². The molecule has 1 unspecified atom stereocenters. The first-order valence-corrected chi connectivity index (χ1v) is 6.48. The van der Waals surface area contributed by atoms with Crippen molar-refractivity contribution in [2.45, 2.75) is 19.9 Å². The van der Waals surface area contributed by atoms with E-state index in [2.05, 4.69) is 24.3 Å². The Morgan fingerprint density at radius 3 is 2.78 bits per heavy atom. The van der Waals surface area contributed by atoms with Gasteiger partial charge in [-0.2, -0.15) is 5.10 Å². The number of hydrogen-bond donors (Lipinski definition) is 1. The molecule has 0 bridgehead atoms. The molecule has 0 amide bonds. The first-order chi connectivity index (χ1) is 8.61. The zero-order chi connectivity index (χ0) is 13.1. The van der Waals surface area contributed by atoms with Gasteiger partial charge >= 0.3 is 0 Å². The Hall–Kier alpha value is -1.32. The number of aryl methyl sites for hydroxylation is 2. The number of benzene rings is 1. The van der Waals surface area contributed by atoms with Crippen molar-refractivity contribution >= 4 is 11.6 Å². The molecule has 96 valence electrons. The Bertz CT molecular complexity index is 534. The molecule has 1 N–H and O–H groups in total. The van der Waals surface area contributed by atoms with Crippen LogP contribution < -0.4 is 5.32 Å². The average molecular weight is 264 g/mol. The van der Waals surface area contributed by atoms with Crippen molar-refractivity contribution in [3.05, 3.63) is 52.3 Å². The van der Waals surface area contributed by atoms with Crippen molar-refractivity contribution in [1.29, 1.82) is 0 Å². The summed E-state index contributed by atoms with van der Waals surface area (Å²) in [5.74, 6) is 0. The highest BCUT2D eigenvalue weighted by molar-refractivity contribution is 6.30. The molecular weight excluding hydrogens is 246 g/mol. The normalized spacial score (nSPS) is 12.7. The van der Waals surface area contributed by atoms with E-state index in [0.29, 0.717) is 0 Å². The third-order valence-electron chi connectivity index (χ3n) is 2.99. The lowest BCUT2D eigenvalue weighted by molar-refractivity contribution is 0.597. The van der Waals surface area contributed by atoms with Gasteiger partial charge in [0, 0.05) is 18.3 Å². The smallest absolute Gasteiger partial charge is 0.0839 e. The van der Waals surface area contributed by atoms with Crippen LogP contribution in [-0.4, -0.2) is 16.3 Å². The SMILES string of the molecule is CCNC(c1ccn(C)n1)c1cc(Cl)ccc1C. The van der Waals surface area contributed by atoms with Crippen LogP contribution in [-0.2, 0) is 7.05 Å². The third-order valence-corrected chi connectivity index (χ3v) is 3.23. The topological polar surface area (TPSA) is 29.9 Å². The summed E-state index contributed by atoms with van der Waals surface area (Å²) in [6, 6.07) is 8.11. The maximum Gasteiger partial charge on any atom is 0.0839 e. The Balaban J connectivity index is 2.44. The molecule has 0 aliphatic rings. The molecule has 2 rings (SSSR count). The molecule has 0 radical (unpaired) electrons. The molecule has 0 saturated carbocycles. The van der Waals surface area contributed by atoms with Crippen LogP contribution in [0.25, 0.3) is 0 Å². The number of rotatable bonds is 4. The fourth-order valence-corrected chi connectivity index (χ4v) is 2.27. The van der Waals surface area contributed by atoms with Crippen LogP contribution in [0.3, 0.4) is 0 Å². The van der Waals surface area contributed by atoms with Gasteiger partial charge in [-0.1, -0.05) is 24.6 Å². The molecule has 0 spiro atoms. The van der Waals surface area contributed by atoms with Crippen LogP contribution in [0, 0.1) is 6.92 Å². The summed E-state index contributed by atoms with van der Waals surface area (Å²) in [5, 5.41) is 8.71. The molecular formula is C14H18ClN3. The van der Waals surface area contributed by atoms with Crippen LogP contribution in [0.1, 0.15) is 29.8 Å². The van der Waals surface area contributed by atoms with E-state index in [0.717, 1.165) is 17.3 Å². The minimum Gasteiger partial charge on any atom is -0.305 e. The van der Waals surface area contributed by atoms with Gasteiger partial charge in [-0.25, -0.2) is 0 Å². The molecule has 1 aromatic carbocycles. The monoisotopic (exact) mass is 263 g/mol. The van der Waals surface area contributed by atoms with Crippen LogP contribution in [0.15, 0.2) is 30.5 Å². The van der Waals surface area contributed by atoms with Gasteiger partial charge in [0.2, 0.25) is 0 Å². The molecule has 1 heterocycles. The standard InChI is InChI=1S/C14H18ClN3/c1-4-16-14(13-7-8-18(3)17-13)12-9-11(15)6-5-10(12)2/h5-9,14,16H,4H2,1-3H3. The van der Waals surface area contributed by atoms with Gasteiger partial charge in [0.05, 0.1) is 11.7 Å². The van der Waals surface area contributed by atoms with Crippen molar-refractivity contribution in [3.63, 3.8) is 0 Å². The minimum absolute atomic E-state index is 0.0925. The summed E-state index contributed by atoms with van der Waals surface area (Å²) in [5.41, 5.74) is 3.42. The first kappa shape index (κ1) is 13.1. The molecule has 3 nitrogen and oxygen atoms in total. The van der Waals surface area contributed by atoms with E-state index in [1.165, 1.54) is 11.1 Å². The van der Waals surface area contributed by atoms with Crippen LogP contribution in [0.4, 0.5) is 0 Å². The van der Waals surface area contributed by atoms with E-state index < -0.39 is 0 Å². The summed E-state index contributed by atoms with van der Waals surface area (Å²) < 4.78 is 1.82. The number of halogens is 1. The fourth-order valence-electron chi connectivity index (χ4n) is 2.09. The zero-order valence-electron chi connectivity index (χ0n) is 10.9. The van der Waals surface area contributed by atoms with Crippen molar-refractivity contribution < 1.29 is 0 Å². The Kier molecular flexibility index (Phi) is 4.04. The second kappa shape index (κ2) is 5.55. The second-order valence-corrected chi connectivity index (χ2v) is 4.84. The Labute approximate surface area is 113 Å². The van der Waals surface area contributed by atoms with Crippen molar-refractivity contribution in [2.75, 3.05) is 6.54 Å². The largest absolute Gasteiger partial charge is 0.305 e. The minimum atomic E-state index is 0.0925. The number of aromatic nitrogens is 2. The highest BCUT2D eigenvalue weighted by Crippen LogP contribution is 2.26. The molecule has 1 aromatic heterocycles. The van der Waals surface area contributed by atoms with Crippen LogP contribution in [0.2, 0.25) is 5.02 Å². The maximum atomic E-state index is 6.10. The quantitative estimate of drug-likeness (QED) is 0.919. The van der Waals surface area contributed by atoms with E-state index in [4.69, 9.17) is 11.6 Å². The molecule has 4 heteroatoms. The molecule has 18 heavy (non-hydrogen) atoms. The zero-order valence-corrected chi connectivity index (χ0v) is 11.7. The molecule has 1 atom stereocenters. The van der Waals surface area contributed by atoms with Gasteiger partial charge in [-0.15, -0.1) is 0 Å². The number of nitrogens with zero attached hydrogens (tertiary/aromatic N) is 2. The van der Waals surface area contributed by atoms with E-state index in [9.17, 15) is 0 Å². The predicted molar refractivity (Wildman–Crippen MR) is 74.9 cm³/mol. The van der Waals surface area contributed by atoms with Gasteiger partial charge in [0.15, 0.2) is 0 Å². The molecule has 0 saturated heterocycles. The average Bonchev–Trinajstić information content (AvgIpc) is 2.76. The molecule has 2 aromatic rings. The van der Waals surface area contributed by atoms with Gasteiger partial charge in [0.25, 0.3) is 0 Å². The molecule has 0 fully saturated rings. The summed E-state index contributed by atoms with van der Waals surface area (Å²) >= 11 is 6.10. The predicted octanol–water partition coefficient (Wildman–Crippen LogP) is 3.08. The highest BCUT2D eigenvalue weighted by Gasteiger charge is 2.17. The van der Waals surface area contributed by atoms with Gasteiger partial charge in [-0.3, -0.25) is 4.68 Å². The van der Waals surface area contributed by atoms with E-state index in [1.54, 1.807) is 0 Å². The second-order valence-electron chi connectivity index (χ2n) is 4.41. The lowest BCUT2D eigenvalue weighted by atomic mass is 9.99. The Morgan fingerprint density at radius 1 is 1.39 bits per heavy atom. The third kappa shape index (κ3) is 2.74. The molecule has 0 aliphatic carbocycles. The number of nitrogens with one attached hydrogen (secondary N) is 1. The molecule has 0 aliphatic heterocycles. The van der Waals surface area contributed by atoms with Crippen molar-refractivity contribution in [3.8, 4) is 0 Å². The van der Waals surface area contributed by atoms with Gasteiger partial charge in [-0.05, 0) is 42.8 Å². The lowest BCUT2D eigenvalue weighted by Crippen LogP contribution is -2.23. The number of hydrogen-bond acceptors (Lipinski definition) is 2. The van der Waals surface area contributed by atoms with Crippen LogP contribution >= 0.6 is 11.6 Å². The van der Waals surface area contributed by atoms with Crippen molar-refractivity contribution in [2.24, 2.45) is 7.05 Å². The Morgan fingerprint density at radius 2 is 2.17 bits per heavy atom. The lowest BCUT2D eigenvalue weighted by Gasteiger charge is -2.18. The van der Waals surface area contributed by atoms with E-state index in [1.807, 2.05) is 42.2 Å². The highest BCUT2D eigenvalue weighted by atomic mass is 35.5. The van der Waals surface area contributed by atoms with E-state index >= 15 is 0 Å².